The van der Waals surface area contributed by atoms with Gasteiger partial charge in [0.15, 0.2) is 0 Å². The molecule has 166 valence electrons. The van der Waals surface area contributed by atoms with Crippen molar-refractivity contribution in [3.8, 4) is 5.75 Å². The molecule has 0 saturated heterocycles. The first-order valence-corrected chi connectivity index (χ1v) is 10.1. The third-order valence-corrected chi connectivity index (χ3v) is 5.09. The Bertz CT molecular complexity index is 1000. The van der Waals surface area contributed by atoms with E-state index in [4.69, 9.17) is 0 Å². The van der Waals surface area contributed by atoms with Crippen molar-refractivity contribution >= 4 is 17.4 Å². The van der Waals surface area contributed by atoms with Crippen molar-refractivity contribution in [1.29, 1.82) is 0 Å². The Morgan fingerprint density at radius 3 is 2.10 bits per heavy atom. The lowest BCUT2D eigenvalue weighted by Crippen LogP contribution is -2.25. The molecular weight excluding hydrogens is 396 g/mol. The van der Waals surface area contributed by atoms with Crippen LogP contribution in [0.4, 0.5) is 5.69 Å². The maximum Gasteiger partial charge on any atom is 0.262 e. The van der Waals surface area contributed by atoms with Crippen molar-refractivity contribution in [2.45, 2.75) is 65.2 Å². The quantitative estimate of drug-likeness (QED) is 0.194. The highest BCUT2D eigenvalue weighted by molar-refractivity contribution is 6.29. The molecule has 0 unspecified atom stereocenters. The van der Waals surface area contributed by atoms with E-state index in [1.807, 2.05) is 47.6 Å². The van der Waals surface area contributed by atoms with Gasteiger partial charge >= 0.3 is 0 Å². The molecule has 0 heterocycles. The molecule has 31 heavy (non-hydrogen) atoms. The predicted molar refractivity (Wildman–Crippen MR) is 121 cm³/mol. The summed E-state index contributed by atoms with van der Waals surface area (Å²) in [4.78, 5) is 36.7. The number of hydrogen-bond acceptors (Lipinski definition) is 6. The van der Waals surface area contributed by atoms with E-state index in [9.17, 15) is 24.7 Å². The standard InChI is InChI=1S/C24H30N2O5/c1-23(2,3)16-11-17(24(4,5)6)20(28)12-19(16)25-22(30)15(13-27)21(29)14-9-7-8-10-18(14)26-31/h9-13,27-28H,7-8H2,1-6H3,(H,25,30)/b15-13-. The molecule has 3 N–H and O–H groups in total. The third kappa shape index (κ3) is 5.29. The Morgan fingerprint density at radius 2 is 1.58 bits per heavy atom. The lowest BCUT2D eigenvalue weighted by molar-refractivity contribution is -0.118. The van der Waals surface area contributed by atoms with Crippen LogP contribution in [-0.4, -0.2) is 21.9 Å². The van der Waals surface area contributed by atoms with Gasteiger partial charge in [0, 0.05) is 17.3 Å². The average molecular weight is 427 g/mol. The van der Waals surface area contributed by atoms with Crippen LogP contribution in [0.5, 0.6) is 5.75 Å². The smallest absolute Gasteiger partial charge is 0.262 e. The number of rotatable bonds is 5. The zero-order chi connectivity index (χ0) is 23.6. The molecule has 0 saturated carbocycles. The topological polar surface area (TPSA) is 116 Å². The highest BCUT2D eigenvalue weighted by Crippen LogP contribution is 2.39. The van der Waals surface area contributed by atoms with Gasteiger partial charge in [0.05, 0.1) is 6.26 Å². The van der Waals surface area contributed by atoms with E-state index in [1.165, 1.54) is 18.2 Å². The molecule has 2 rings (SSSR count). The van der Waals surface area contributed by atoms with Crippen LogP contribution < -0.4 is 5.32 Å². The number of aromatic hydroxyl groups is 1. The molecule has 0 spiro atoms. The summed E-state index contributed by atoms with van der Waals surface area (Å²) in [7, 11) is 0. The number of phenolic OH excluding ortho intramolecular Hbond substituents is 1. The van der Waals surface area contributed by atoms with E-state index in [0.717, 1.165) is 11.1 Å². The van der Waals surface area contributed by atoms with Gasteiger partial charge in [-0.3, -0.25) is 9.59 Å². The number of carbonyl (C=O) groups is 2. The molecule has 1 aliphatic carbocycles. The van der Waals surface area contributed by atoms with Crippen LogP contribution in [0.25, 0.3) is 0 Å². The fraction of sp³-hybridized carbons (Fsp3) is 0.417. The number of carbonyl (C=O) groups excluding carboxylic acids is 2. The molecule has 1 aromatic rings. The molecule has 0 atom stereocenters. The van der Waals surface area contributed by atoms with E-state index in [0.29, 0.717) is 24.8 Å². The molecule has 1 amide bonds. The van der Waals surface area contributed by atoms with E-state index >= 15 is 0 Å². The number of hydrogen-bond donors (Lipinski definition) is 3. The molecule has 0 fully saturated rings. The van der Waals surface area contributed by atoms with Crippen LogP contribution in [0.15, 0.2) is 52.6 Å². The van der Waals surface area contributed by atoms with Gasteiger partial charge in [0.1, 0.15) is 17.0 Å². The molecule has 0 bridgehead atoms. The molecule has 0 aromatic heterocycles. The third-order valence-electron chi connectivity index (χ3n) is 5.09. The Labute approximate surface area is 182 Å². The lowest BCUT2D eigenvalue weighted by atomic mass is 9.79. The van der Waals surface area contributed by atoms with Gasteiger partial charge in [-0.25, -0.2) is 0 Å². The molecule has 0 aliphatic heterocycles. The number of Topliss-reactive ketones (excluding diaryl/α,β-unsaturated/α-hetero) is 1. The van der Waals surface area contributed by atoms with Crippen molar-refractivity contribution in [3.63, 3.8) is 0 Å². The van der Waals surface area contributed by atoms with Crippen LogP contribution in [0, 0.1) is 4.91 Å². The number of aliphatic hydroxyl groups excluding tert-OH is 1. The maximum atomic E-state index is 12.9. The van der Waals surface area contributed by atoms with E-state index < -0.39 is 17.3 Å². The van der Waals surface area contributed by atoms with E-state index in [-0.39, 0.29) is 27.8 Å². The largest absolute Gasteiger partial charge is 0.515 e. The molecule has 1 aromatic carbocycles. The SMILES string of the molecule is CC(C)(C)c1cc(C(C)(C)C)c(NC(=O)/C(=C\O)C(=O)C2=CCCC=C2N=O)cc1O. The molecule has 7 nitrogen and oxygen atoms in total. The number of benzene rings is 1. The van der Waals surface area contributed by atoms with Gasteiger partial charge in [-0.15, -0.1) is 4.91 Å². The van der Waals surface area contributed by atoms with Crippen molar-refractivity contribution in [1.82, 2.24) is 0 Å². The first kappa shape index (κ1) is 24.1. The molecule has 7 heteroatoms. The summed E-state index contributed by atoms with van der Waals surface area (Å²) in [5.74, 6) is -1.63. The number of anilines is 1. The van der Waals surface area contributed by atoms with Crippen LogP contribution in [-0.2, 0) is 20.4 Å². The Balaban J connectivity index is 2.45. The fourth-order valence-electron chi connectivity index (χ4n) is 3.43. The molecule has 0 radical (unpaired) electrons. The number of amides is 1. The summed E-state index contributed by atoms with van der Waals surface area (Å²) >= 11 is 0. The minimum absolute atomic E-state index is 0.0151. The number of nitroso groups, excluding NO2 is 1. The van der Waals surface area contributed by atoms with Crippen molar-refractivity contribution < 1.29 is 19.8 Å². The predicted octanol–water partition coefficient (Wildman–Crippen LogP) is 5.31. The minimum Gasteiger partial charge on any atom is -0.515 e. The first-order chi connectivity index (χ1) is 14.3. The normalized spacial score (nSPS) is 15.1. The highest BCUT2D eigenvalue weighted by atomic mass is 16.3. The molecular formula is C24H30N2O5. The zero-order valence-electron chi connectivity index (χ0n) is 18.9. The van der Waals surface area contributed by atoms with Crippen LogP contribution in [0.3, 0.4) is 0 Å². The lowest BCUT2D eigenvalue weighted by Gasteiger charge is -2.28. The molecule has 1 aliphatic rings. The van der Waals surface area contributed by atoms with Crippen molar-refractivity contribution in [3.05, 3.63) is 63.4 Å². The number of ketones is 1. The maximum absolute atomic E-state index is 12.9. The van der Waals surface area contributed by atoms with E-state index in [2.05, 4.69) is 10.5 Å². The second kappa shape index (κ2) is 8.88. The van der Waals surface area contributed by atoms with Gasteiger partial charge in [0.2, 0.25) is 5.78 Å². The van der Waals surface area contributed by atoms with Crippen LogP contribution in [0.2, 0.25) is 0 Å². The number of aliphatic hydroxyl groups is 1. The minimum atomic E-state index is -0.849. The Morgan fingerprint density at radius 1 is 1.00 bits per heavy atom. The van der Waals surface area contributed by atoms with Gasteiger partial charge < -0.3 is 15.5 Å². The van der Waals surface area contributed by atoms with Crippen molar-refractivity contribution in [2.24, 2.45) is 5.18 Å². The zero-order valence-corrected chi connectivity index (χ0v) is 18.9. The number of nitrogens with zero attached hydrogens (tertiary/aromatic N) is 1. The first-order valence-electron chi connectivity index (χ1n) is 10.1. The number of phenols is 1. The van der Waals surface area contributed by atoms with Crippen LogP contribution >= 0.6 is 0 Å². The van der Waals surface area contributed by atoms with Gasteiger partial charge in [-0.1, -0.05) is 53.7 Å². The summed E-state index contributed by atoms with van der Waals surface area (Å²) in [6.07, 6.45) is 4.57. The second-order valence-electron chi connectivity index (χ2n) is 9.62. The fourth-order valence-corrected chi connectivity index (χ4v) is 3.43. The number of nitrogens with one attached hydrogen (secondary N) is 1. The summed E-state index contributed by atoms with van der Waals surface area (Å²) in [6, 6.07) is 3.30. The summed E-state index contributed by atoms with van der Waals surface area (Å²) < 4.78 is 0. The Hall–Kier alpha value is -3.22. The van der Waals surface area contributed by atoms with Gasteiger partial charge in [-0.2, -0.15) is 0 Å². The highest BCUT2D eigenvalue weighted by Gasteiger charge is 2.29. The average Bonchev–Trinajstić information content (AvgIpc) is 2.66. The summed E-state index contributed by atoms with van der Waals surface area (Å²) in [5, 5.41) is 25.7. The van der Waals surface area contributed by atoms with Crippen molar-refractivity contribution in [2.75, 3.05) is 5.32 Å². The summed E-state index contributed by atoms with van der Waals surface area (Å²) in [6.45, 7) is 11.8. The van der Waals surface area contributed by atoms with Gasteiger partial charge in [0.25, 0.3) is 5.91 Å². The van der Waals surface area contributed by atoms with E-state index in [1.54, 1.807) is 0 Å². The summed E-state index contributed by atoms with van der Waals surface area (Å²) in [5.41, 5.74) is 0.524. The Kier molecular flexibility index (Phi) is 6.89. The number of allylic oxidation sites excluding steroid dienone is 3. The monoisotopic (exact) mass is 426 g/mol. The van der Waals surface area contributed by atoms with Gasteiger partial charge in [-0.05, 0) is 46.0 Å². The van der Waals surface area contributed by atoms with Crippen LogP contribution in [0.1, 0.15) is 65.5 Å². The second-order valence-corrected chi connectivity index (χ2v) is 9.62.